The number of ether oxygens (including phenoxy) is 2. The molecule has 0 amide bonds. The summed E-state index contributed by atoms with van der Waals surface area (Å²) in [5, 5.41) is 8.79. The van der Waals surface area contributed by atoms with E-state index in [9.17, 15) is 0 Å². The maximum absolute atomic E-state index is 8.79. The van der Waals surface area contributed by atoms with Crippen LogP contribution in [-0.2, 0) is 9.47 Å². The number of nitrogens with zero attached hydrogens (tertiary/aromatic N) is 3. The number of methoxy groups -OCH3 is 1. The minimum Gasteiger partial charge on any atom is -0.385 e. The van der Waals surface area contributed by atoms with Gasteiger partial charge in [0.2, 0.25) is 0 Å². The van der Waals surface area contributed by atoms with E-state index in [-0.39, 0.29) is 6.10 Å². The van der Waals surface area contributed by atoms with E-state index in [0.717, 1.165) is 38.5 Å². The van der Waals surface area contributed by atoms with Gasteiger partial charge in [-0.25, -0.2) is 4.98 Å². The molecular formula is C13H17N3O2. The van der Waals surface area contributed by atoms with Crippen LogP contribution in [0.2, 0.25) is 0 Å². The predicted molar refractivity (Wildman–Crippen MR) is 67.4 cm³/mol. The maximum Gasteiger partial charge on any atom is 0.142 e. The lowest BCUT2D eigenvalue weighted by atomic mass is 10.1. The highest BCUT2D eigenvalue weighted by molar-refractivity contribution is 5.44. The SMILES string of the molecule is COCCCOC1CN(c2cccc(C#N)n2)C1. The summed E-state index contributed by atoms with van der Waals surface area (Å²) in [5.41, 5.74) is 0.456. The Labute approximate surface area is 107 Å². The topological polar surface area (TPSA) is 58.4 Å². The summed E-state index contributed by atoms with van der Waals surface area (Å²) in [5.74, 6) is 0.853. The molecule has 0 radical (unpaired) electrons. The van der Waals surface area contributed by atoms with Crippen molar-refractivity contribution in [2.24, 2.45) is 0 Å². The fourth-order valence-corrected chi connectivity index (χ4v) is 1.85. The third-order valence-corrected chi connectivity index (χ3v) is 2.87. The Balaban J connectivity index is 1.73. The standard InChI is InChI=1S/C13H17N3O2/c1-17-6-3-7-18-12-9-16(10-12)13-5-2-4-11(8-14)15-13/h2,4-5,12H,3,6-7,9-10H2,1H3. The Morgan fingerprint density at radius 1 is 1.44 bits per heavy atom. The minimum atomic E-state index is 0.273. The molecule has 2 heterocycles. The van der Waals surface area contributed by atoms with Crippen LogP contribution in [0.3, 0.4) is 0 Å². The fraction of sp³-hybridized carbons (Fsp3) is 0.538. The molecule has 18 heavy (non-hydrogen) atoms. The summed E-state index contributed by atoms with van der Waals surface area (Å²) in [6, 6.07) is 7.53. The Hall–Kier alpha value is -1.64. The largest absolute Gasteiger partial charge is 0.385 e. The van der Waals surface area contributed by atoms with Gasteiger partial charge in [-0.2, -0.15) is 5.26 Å². The van der Waals surface area contributed by atoms with Gasteiger partial charge >= 0.3 is 0 Å². The predicted octanol–water partition coefficient (Wildman–Crippen LogP) is 1.19. The van der Waals surface area contributed by atoms with Gasteiger partial charge in [0.25, 0.3) is 0 Å². The lowest BCUT2D eigenvalue weighted by molar-refractivity contribution is 0.0230. The normalized spacial score (nSPS) is 15.2. The first kappa shape index (κ1) is 12.8. The zero-order valence-corrected chi connectivity index (χ0v) is 10.5. The average molecular weight is 247 g/mol. The monoisotopic (exact) mass is 247 g/mol. The van der Waals surface area contributed by atoms with E-state index < -0.39 is 0 Å². The molecule has 0 atom stereocenters. The van der Waals surface area contributed by atoms with Crippen molar-refractivity contribution in [1.82, 2.24) is 4.98 Å². The second kappa shape index (κ2) is 6.34. The fourth-order valence-electron chi connectivity index (χ4n) is 1.85. The van der Waals surface area contributed by atoms with E-state index in [1.165, 1.54) is 0 Å². The quantitative estimate of drug-likeness (QED) is 0.707. The second-order valence-corrected chi connectivity index (χ2v) is 4.24. The van der Waals surface area contributed by atoms with Crippen LogP contribution in [0.25, 0.3) is 0 Å². The summed E-state index contributed by atoms with van der Waals surface area (Å²) in [7, 11) is 1.69. The lowest BCUT2D eigenvalue weighted by Crippen LogP contribution is -2.52. The third kappa shape index (κ3) is 3.19. The Kier molecular flexibility index (Phi) is 4.51. The molecule has 0 bridgehead atoms. The van der Waals surface area contributed by atoms with E-state index in [4.69, 9.17) is 14.7 Å². The van der Waals surface area contributed by atoms with Gasteiger partial charge in [-0.3, -0.25) is 0 Å². The highest BCUT2D eigenvalue weighted by atomic mass is 16.5. The third-order valence-electron chi connectivity index (χ3n) is 2.87. The Bertz CT molecular complexity index is 424. The van der Waals surface area contributed by atoms with Gasteiger partial charge in [-0.15, -0.1) is 0 Å². The second-order valence-electron chi connectivity index (χ2n) is 4.24. The summed E-state index contributed by atoms with van der Waals surface area (Å²) in [4.78, 5) is 6.36. The van der Waals surface area contributed by atoms with Crippen LogP contribution in [0.15, 0.2) is 18.2 Å². The average Bonchev–Trinajstić information content (AvgIpc) is 2.36. The molecule has 96 valence electrons. The van der Waals surface area contributed by atoms with E-state index in [0.29, 0.717) is 5.69 Å². The van der Waals surface area contributed by atoms with Crippen molar-refractivity contribution >= 4 is 5.82 Å². The molecule has 1 aromatic rings. The molecule has 1 saturated heterocycles. The van der Waals surface area contributed by atoms with Crippen LogP contribution < -0.4 is 4.90 Å². The number of pyridine rings is 1. The van der Waals surface area contributed by atoms with Crippen molar-refractivity contribution in [2.75, 3.05) is 38.3 Å². The minimum absolute atomic E-state index is 0.273. The molecule has 1 aliphatic heterocycles. The van der Waals surface area contributed by atoms with Crippen molar-refractivity contribution in [3.05, 3.63) is 23.9 Å². The zero-order valence-electron chi connectivity index (χ0n) is 10.5. The van der Waals surface area contributed by atoms with Crippen LogP contribution in [0.4, 0.5) is 5.82 Å². The number of hydrogen-bond acceptors (Lipinski definition) is 5. The van der Waals surface area contributed by atoms with Gasteiger partial charge in [0.1, 0.15) is 17.6 Å². The van der Waals surface area contributed by atoms with E-state index in [1.54, 1.807) is 13.2 Å². The van der Waals surface area contributed by atoms with Gasteiger partial charge in [0.05, 0.1) is 6.10 Å². The molecule has 0 saturated carbocycles. The first-order chi connectivity index (χ1) is 8.83. The molecule has 5 nitrogen and oxygen atoms in total. The van der Waals surface area contributed by atoms with E-state index >= 15 is 0 Å². The number of aromatic nitrogens is 1. The lowest BCUT2D eigenvalue weighted by Gasteiger charge is -2.39. The molecule has 0 aromatic carbocycles. The van der Waals surface area contributed by atoms with Crippen LogP contribution in [0, 0.1) is 11.3 Å². The van der Waals surface area contributed by atoms with Gasteiger partial charge < -0.3 is 14.4 Å². The molecular weight excluding hydrogens is 230 g/mol. The van der Waals surface area contributed by atoms with Crippen molar-refractivity contribution in [1.29, 1.82) is 5.26 Å². The highest BCUT2D eigenvalue weighted by Gasteiger charge is 2.28. The van der Waals surface area contributed by atoms with Gasteiger partial charge in [-0.05, 0) is 18.6 Å². The number of rotatable bonds is 6. The van der Waals surface area contributed by atoms with Gasteiger partial charge in [-0.1, -0.05) is 6.07 Å². The first-order valence-corrected chi connectivity index (χ1v) is 6.06. The molecule has 0 aliphatic carbocycles. The van der Waals surface area contributed by atoms with Crippen LogP contribution in [0.1, 0.15) is 12.1 Å². The first-order valence-electron chi connectivity index (χ1n) is 6.06. The van der Waals surface area contributed by atoms with Gasteiger partial charge in [0, 0.05) is 33.4 Å². The van der Waals surface area contributed by atoms with Crippen LogP contribution >= 0.6 is 0 Å². The van der Waals surface area contributed by atoms with Gasteiger partial charge in [0.15, 0.2) is 0 Å². The van der Waals surface area contributed by atoms with E-state index in [1.807, 2.05) is 18.2 Å². The molecule has 1 fully saturated rings. The molecule has 1 aliphatic rings. The molecule has 0 unspecified atom stereocenters. The number of nitriles is 1. The summed E-state index contributed by atoms with van der Waals surface area (Å²) in [6.45, 7) is 3.16. The van der Waals surface area contributed by atoms with Crippen molar-refractivity contribution < 1.29 is 9.47 Å². The molecule has 2 rings (SSSR count). The zero-order chi connectivity index (χ0) is 12.8. The molecule has 1 aromatic heterocycles. The van der Waals surface area contributed by atoms with Crippen molar-refractivity contribution in [3.8, 4) is 6.07 Å². The Morgan fingerprint density at radius 2 is 2.28 bits per heavy atom. The van der Waals surface area contributed by atoms with Crippen molar-refractivity contribution in [2.45, 2.75) is 12.5 Å². The number of anilines is 1. The maximum atomic E-state index is 8.79. The highest BCUT2D eigenvalue weighted by Crippen LogP contribution is 2.20. The van der Waals surface area contributed by atoms with E-state index in [2.05, 4.69) is 9.88 Å². The molecule has 5 heteroatoms. The van der Waals surface area contributed by atoms with Crippen LogP contribution in [-0.4, -0.2) is 44.5 Å². The summed E-state index contributed by atoms with van der Waals surface area (Å²) >= 11 is 0. The van der Waals surface area contributed by atoms with Crippen molar-refractivity contribution in [3.63, 3.8) is 0 Å². The summed E-state index contributed by atoms with van der Waals surface area (Å²) < 4.78 is 10.6. The number of hydrogen-bond donors (Lipinski definition) is 0. The summed E-state index contributed by atoms with van der Waals surface area (Å²) in [6.07, 6.45) is 1.20. The van der Waals surface area contributed by atoms with Crippen LogP contribution in [0.5, 0.6) is 0 Å². The smallest absolute Gasteiger partial charge is 0.142 e. The molecule has 0 spiro atoms. The Morgan fingerprint density at radius 3 is 3.00 bits per heavy atom. The molecule has 0 N–H and O–H groups in total.